The average molecular weight is 556 g/mol. The van der Waals surface area contributed by atoms with Gasteiger partial charge in [0.1, 0.15) is 11.5 Å². The number of carbonyl (C=O) groups excluding carboxylic acids is 2. The van der Waals surface area contributed by atoms with Crippen LogP contribution in [-0.2, 0) is 0 Å². The Balaban J connectivity index is 1.12. The number of hydrogen-bond donors (Lipinski definition) is 3. The number of aromatic nitrogens is 3. The smallest absolute Gasteiger partial charge is 0.271 e. The normalized spacial score (nSPS) is 19.6. The summed E-state index contributed by atoms with van der Waals surface area (Å²) in [7, 11) is 2.14. The van der Waals surface area contributed by atoms with Crippen LogP contribution in [0.25, 0.3) is 0 Å². The summed E-state index contributed by atoms with van der Waals surface area (Å²) >= 11 is 0. The number of piperazine rings is 1. The van der Waals surface area contributed by atoms with Crippen molar-refractivity contribution in [1.29, 1.82) is 0 Å². The highest BCUT2D eigenvalue weighted by atomic mass is 16.2. The van der Waals surface area contributed by atoms with E-state index in [-0.39, 0.29) is 17.6 Å². The van der Waals surface area contributed by atoms with Crippen LogP contribution in [0, 0.1) is 0 Å². The van der Waals surface area contributed by atoms with Gasteiger partial charge < -0.3 is 31.1 Å². The van der Waals surface area contributed by atoms with E-state index in [2.05, 4.69) is 54.5 Å². The molecule has 1 atom stereocenters. The monoisotopic (exact) mass is 555 g/mol. The van der Waals surface area contributed by atoms with Gasteiger partial charge in [-0.1, -0.05) is 6.07 Å². The molecular weight excluding hydrogens is 518 g/mol. The molecule has 0 bridgehead atoms. The number of rotatable bonds is 8. The van der Waals surface area contributed by atoms with Crippen molar-refractivity contribution in [1.82, 2.24) is 25.2 Å². The molecule has 0 radical (unpaired) electrons. The van der Waals surface area contributed by atoms with Crippen molar-refractivity contribution >= 4 is 34.8 Å². The van der Waals surface area contributed by atoms with Crippen molar-refractivity contribution in [2.24, 2.45) is 5.73 Å². The molecule has 11 heteroatoms. The summed E-state index contributed by atoms with van der Waals surface area (Å²) in [6.07, 6.45) is 7.55. The van der Waals surface area contributed by atoms with Gasteiger partial charge in [-0.3, -0.25) is 14.6 Å². The minimum absolute atomic E-state index is 0.0581. The highest BCUT2D eigenvalue weighted by molar-refractivity contribution is 5.96. The minimum Gasteiger partial charge on any atom is -0.369 e. The van der Waals surface area contributed by atoms with Gasteiger partial charge in [-0.25, -0.2) is 9.97 Å². The van der Waals surface area contributed by atoms with E-state index in [9.17, 15) is 9.59 Å². The molecule has 11 nitrogen and oxygen atoms in total. The van der Waals surface area contributed by atoms with Gasteiger partial charge >= 0.3 is 0 Å². The van der Waals surface area contributed by atoms with Gasteiger partial charge in [0.25, 0.3) is 11.8 Å². The number of anilines is 4. The molecule has 2 saturated heterocycles. The Kier molecular flexibility index (Phi) is 7.69. The van der Waals surface area contributed by atoms with E-state index in [1.54, 1.807) is 6.20 Å². The first-order valence-corrected chi connectivity index (χ1v) is 14.4. The topological polar surface area (TPSA) is 133 Å². The van der Waals surface area contributed by atoms with Crippen LogP contribution in [0.3, 0.4) is 0 Å². The highest BCUT2D eigenvalue weighted by Crippen LogP contribution is 2.39. The lowest BCUT2D eigenvalue weighted by Gasteiger charge is -2.34. The number of carbonyl (C=O) groups is 2. The minimum atomic E-state index is -0.649. The van der Waals surface area contributed by atoms with E-state index in [0.717, 1.165) is 56.9 Å². The summed E-state index contributed by atoms with van der Waals surface area (Å²) in [5.74, 6) is 0.724. The van der Waals surface area contributed by atoms with Crippen LogP contribution < -0.4 is 26.2 Å². The van der Waals surface area contributed by atoms with E-state index in [1.807, 2.05) is 30.5 Å². The van der Waals surface area contributed by atoms with Gasteiger partial charge in [0.05, 0.1) is 6.20 Å². The van der Waals surface area contributed by atoms with Crippen molar-refractivity contribution in [3.8, 4) is 0 Å². The number of likely N-dealkylation sites (N-methyl/N-ethyl adjacent to an activating group) is 1. The predicted molar refractivity (Wildman–Crippen MR) is 159 cm³/mol. The van der Waals surface area contributed by atoms with Crippen LogP contribution in [0.4, 0.5) is 23.0 Å². The Hall–Kier alpha value is -4.25. The van der Waals surface area contributed by atoms with Crippen LogP contribution in [0.2, 0.25) is 0 Å². The summed E-state index contributed by atoms with van der Waals surface area (Å²) in [5, 5.41) is 6.38. The number of hydrogen-bond acceptors (Lipinski definition) is 9. The first-order chi connectivity index (χ1) is 19.9. The summed E-state index contributed by atoms with van der Waals surface area (Å²) in [5.41, 5.74) is 9.31. The van der Waals surface area contributed by atoms with Crippen molar-refractivity contribution < 1.29 is 9.59 Å². The largest absolute Gasteiger partial charge is 0.369 e. The molecule has 3 fully saturated rings. The Morgan fingerprint density at radius 3 is 2.37 bits per heavy atom. The molecule has 2 aliphatic heterocycles. The average Bonchev–Trinajstić information content (AvgIpc) is 3.84. The number of nitrogens with one attached hydrogen (secondary N) is 2. The maximum Gasteiger partial charge on any atom is 0.271 e. The van der Waals surface area contributed by atoms with E-state index in [4.69, 9.17) is 10.7 Å². The second-order valence-electron chi connectivity index (χ2n) is 11.3. The lowest BCUT2D eigenvalue weighted by atomic mass is 10.1. The third-order valence-corrected chi connectivity index (χ3v) is 8.14. The lowest BCUT2D eigenvalue weighted by Crippen LogP contribution is -2.48. The van der Waals surface area contributed by atoms with Crippen LogP contribution in [0.1, 0.15) is 58.1 Å². The van der Waals surface area contributed by atoms with Crippen molar-refractivity contribution in [2.75, 3.05) is 61.4 Å². The van der Waals surface area contributed by atoms with Crippen molar-refractivity contribution in [3.63, 3.8) is 0 Å². The zero-order valence-corrected chi connectivity index (χ0v) is 23.4. The van der Waals surface area contributed by atoms with Crippen molar-refractivity contribution in [3.05, 3.63) is 65.7 Å². The quantitative estimate of drug-likeness (QED) is 0.384. The summed E-state index contributed by atoms with van der Waals surface area (Å²) in [4.78, 5) is 45.3. The van der Waals surface area contributed by atoms with Gasteiger partial charge in [-0.2, -0.15) is 0 Å². The molecule has 6 rings (SSSR count). The SMILES string of the molecule is CN1CCN(c2ccc(Nc3nc(N4CCC[C@@H](NC(=O)c5ccc(C6CC6)cn5)C4)cnc3C(N)=O)cc2)CC1. The zero-order valence-electron chi connectivity index (χ0n) is 23.4. The predicted octanol–water partition coefficient (Wildman–Crippen LogP) is 2.74. The molecule has 1 aromatic carbocycles. The molecule has 4 heterocycles. The molecule has 0 spiro atoms. The van der Waals surface area contributed by atoms with Gasteiger partial charge in [0.15, 0.2) is 11.5 Å². The zero-order chi connectivity index (χ0) is 28.3. The second-order valence-corrected chi connectivity index (χ2v) is 11.3. The van der Waals surface area contributed by atoms with Crippen LogP contribution in [0.15, 0.2) is 48.8 Å². The number of nitrogens with two attached hydrogens (primary N) is 1. The van der Waals surface area contributed by atoms with Gasteiger partial charge in [-0.05, 0) is 74.5 Å². The van der Waals surface area contributed by atoms with Gasteiger partial charge in [-0.15, -0.1) is 0 Å². The highest BCUT2D eigenvalue weighted by Gasteiger charge is 2.26. The van der Waals surface area contributed by atoms with E-state index in [1.165, 1.54) is 18.4 Å². The fraction of sp³-hybridized carbons (Fsp3) is 0.433. The number of piperidine rings is 1. The lowest BCUT2D eigenvalue weighted by molar-refractivity contribution is 0.0927. The molecule has 3 aromatic rings. The fourth-order valence-electron chi connectivity index (χ4n) is 5.52. The molecule has 2 amide bonds. The first kappa shape index (κ1) is 26.9. The van der Waals surface area contributed by atoms with Crippen LogP contribution in [-0.4, -0.2) is 84.0 Å². The molecule has 4 N–H and O–H groups in total. The summed E-state index contributed by atoms with van der Waals surface area (Å²) < 4.78 is 0. The number of primary amides is 1. The third-order valence-electron chi connectivity index (χ3n) is 8.14. The number of amides is 2. The fourth-order valence-corrected chi connectivity index (χ4v) is 5.52. The Morgan fingerprint density at radius 1 is 0.902 bits per heavy atom. The van der Waals surface area contributed by atoms with E-state index < -0.39 is 5.91 Å². The molecule has 0 unspecified atom stereocenters. The van der Waals surface area contributed by atoms with Crippen LogP contribution in [0.5, 0.6) is 0 Å². The van der Waals surface area contributed by atoms with E-state index in [0.29, 0.717) is 29.8 Å². The van der Waals surface area contributed by atoms with Crippen LogP contribution >= 0.6 is 0 Å². The Labute approximate surface area is 240 Å². The Morgan fingerprint density at radius 2 is 1.68 bits per heavy atom. The third kappa shape index (κ3) is 6.40. The maximum atomic E-state index is 12.9. The van der Waals surface area contributed by atoms with Gasteiger partial charge in [0, 0.05) is 62.9 Å². The molecule has 1 aliphatic carbocycles. The second kappa shape index (κ2) is 11.7. The van der Waals surface area contributed by atoms with Crippen molar-refractivity contribution in [2.45, 2.75) is 37.6 Å². The number of pyridine rings is 1. The molecule has 1 saturated carbocycles. The summed E-state index contributed by atoms with van der Waals surface area (Å²) in [6, 6.07) is 11.9. The van der Waals surface area contributed by atoms with Gasteiger partial charge in [0.2, 0.25) is 0 Å². The standard InChI is InChI=1S/C30H37N9O2/c1-37-13-15-38(16-14-37)24-9-7-22(8-10-24)34-29-27(28(31)40)33-18-26(36-29)39-12-2-3-23(19-39)35-30(41)25-11-6-21(17-32-25)20-4-5-20/h6-11,17-18,20,23H,2-5,12-16,19H2,1H3,(H2,31,40)(H,34,36)(H,35,41)/t23-/m1/s1. The summed E-state index contributed by atoms with van der Waals surface area (Å²) in [6.45, 7) is 5.40. The molecule has 3 aliphatic rings. The first-order valence-electron chi connectivity index (χ1n) is 14.4. The molecule has 214 valence electrons. The molecule has 41 heavy (non-hydrogen) atoms. The van der Waals surface area contributed by atoms with E-state index >= 15 is 0 Å². The maximum absolute atomic E-state index is 12.9. The Bertz CT molecular complexity index is 1380. The molecule has 2 aromatic heterocycles. The molecular formula is C30H37N9O2. The number of nitrogens with zero attached hydrogens (tertiary/aromatic N) is 6. The number of benzene rings is 1.